The van der Waals surface area contributed by atoms with Crippen LogP contribution >= 0.6 is 30.3 Å². The SMILES string of the molecule is C/C=C(\N=C(\C)CC)N1CCC(C)(CCCN(C=O)Cc2cn(SI)c3ccccc23)CC1. The quantitative estimate of drug-likeness (QED) is 0.162. The maximum absolute atomic E-state index is 11.8. The van der Waals surface area contributed by atoms with Gasteiger partial charge in [-0.05, 0) is 69.1 Å². The molecule has 1 saturated heterocycles. The topological polar surface area (TPSA) is 40.8 Å². The van der Waals surface area contributed by atoms with Crippen molar-refractivity contribution in [3.63, 3.8) is 0 Å². The molecule has 0 N–H and O–H groups in total. The number of benzene rings is 1. The van der Waals surface area contributed by atoms with Crippen LogP contribution in [0.2, 0.25) is 0 Å². The van der Waals surface area contributed by atoms with E-state index in [1.54, 1.807) is 9.12 Å². The van der Waals surface area contributed by atoms with Gasteiger partial charge in [-0.25, -0.2) is 4.99 Å². The summed E-state index contributed by atoms with van der Waals surface area (Å²) in [6, 6.07) is 8.42. The molecule has 0 atom stereocenters. The summed E-state index contributed by atoms with van der Waals surface area (Å²) in [5.41, 5.74) is 3.94. The number of halogens is 1. The number of carbonyl (C=O) groups is 1. The number of allylic oxidation sites excluding steroid dienone is 1. The van der Waals surface area contributed by atoms with Gasteiger partial charge in [-0.1, -0.05) is 32.0 Å². The summed E-state index contributed by atoms with van der Waals surface area (Å²) in [6.45, 7) is 12.3. The average molecular weight is 581 g/mol. The first-order chi connectivity index (χ1) is 15.9. The van der Waals surface area contributed by atoms with Crippen LogP contribution in [-0.4, -0.2) is 45.5 Å². The van der Waals surface area contributed by atoms with Crippen molar-refractivity contribution in [1.82, 2.24) is 13.8 Å². The third-order valence-corrected chi connectivity index (χ3v) is 8.68. The number of aromatic nitrogens is 1. The van der Waals surface area contributed by atoms with Gasteiger partial charge in [0, 0.05) is 73.8 Å². The fourth-order valence-electron chi connectivity index (χ4n) is 4.62. The van der Waals surface area contributed by atoms with E-state index in [-0.39, 0.29) is 0 Å². The van der Waals surface area contributed by atoms with Crippen molar-refractivity contribution in [1.29, 1.82) is 0 Å². The van der Waals surface area contributed by atoms with E-state index in [4.69, 9.17) is 4.99 Å². The molecule has 1 aromatic carbocycles. The van der Waals surface area contributed by atoms with Gasteiger partial charge in [0.1, 0.15) is 5.82 Å². The molecule has 0 aliphatic carbocycles. The summed E-state index contributed by atoms with van der Waals surface area (Å²) in [4.78, 5) is 21.0. The molecule has 1 aromatic heterocycles. The van der Waals surface area contributed by atoms with E-state index in [1.165, 1.54) is 35.0 Å². The van der Waals surface area contributed by atoms with Gasteiger partial charge in [0.25, 0.3) is 0 Å². The summed E-state index contributed by atoms with van der Waals surface area (Å²) < 4.78 is 2.17. The smallest absolute Gasteiger partial charge is 0.210 e. The Bertz CT molecular complexity index is 991. The van der Waals surface area contributed by atoms with Crippen LogP contribution in [0.5, 0.6) is 0 Å². The molecule has 2 aromatic rings. The molecule has 0 bridgehead atoms. The zero-order valence-electron chi connectivity index (χ0n) is 20.4. The van der Waals surface area contributed by atoms with Crippen LogP contribution < -0.4 is 0 Å². The molecule has 1 amide bonds. The fraction of sp³-hybridized carbons (Fsp3) is 0.538. The Morgan fingerprint density at radius 2 is 2.03 bits per heavy atom. The van der Waals surface area contributed by atoms with Crippen LogP contribution in [0.4, 0.5) is 0 Å². The van der Waals surface area contributed by atoms with Crippen LogP contribution in [0.25, 0.3) is 10.9 Å². The first-order valence-electron chi connectivity index (χ1n) is 12.0. The van der Waals surface area contributed by atoms with Crippen LogP contribution in [0.3, 0.4) is 0 Å². The molecule has 180 valence electrons. The largest absolute Gasteiger partial charge is 0.357 e. The minimum Gasteiger partial charge on any atom is -0.357 e. The molecule has 1 aliphatic heterocycles. The van der Waals surface area contributed by atoms with Gasteiger partial charge in [-0.15, -0.1) is 0 Å². The maximum Gasteiger partial charge on any atom is 0.210 e. The van der Waals surface area contributed by atoms with Crippen molar-refractivity contribution >= 4 is 53.3 Å². The average Bonchev–Trinajstić information content (AvgIpc) is 3.20. The second-order valence-electron chi connectivity index (χ2n) is 9.39. The van der Waals surface area contributed by atoms with E-state index in [0.717, 1.165) is 51.1 Å². The van der Waals surface area contributed by atoms with E-state index >= 15 is 0 Å². The number of piperidine rings is 1. The first kappa shape index (κ1) is 26.1. The highest BCUT2D eigenvalue weighted by molar-refractivity contribution is 14.2. The number of fused-ring (bicyclic) bond motifs is 1. The fourth-order valence-corrected chi connectivity index (χ4v) is 5.99. The number of hydrogen-bond acceptors (Lipinski definition) is 4. The minimum atomic E-state index is 0.335. The number of nitrogens with zero attached hydrogens (tertiary/aromatic N) is 4. The summed E-state index contributed by atoms with van der Waals surface area (Å²) in [7, 11) is 1.66. The Kier molecular flexibility index (Phi) is 9.73. The number of amides is 1. The zero-order chi connectivity index (χ0) is 23.8. The molecule has 2 heterocycles. The number of rotatable bonds is 11. The van der Waals surface area contributed by atoms with Crippen LogP contribution in [0, 0.1) is 5.41 Å². The highest BCUT2D eigenvalue weighted by atomic mass is 127. The highest BCUT2D eigenvalue weighted by Gasteiger charge is 2.30. The lowest BCUT2D eigenvalue weighted by atomic mass is 9.76. The summed E-state index contributed by atoms with van der Waals surface area (Å²) in [5.74, 6) is 1.12. The lowest BCUT2D eigenvalue weighted by Crippen LogP contribution is -2.38. The van der Waals surface area contributed by atoms with Crippen LogP contribution in [-0.2, 0) is 11.3 Å². The second-order valence-corrected chi connectivity index (χ2v) is 11.1. The standard InChI is InChI=1S/C26H37IN4OS/c1-5-21(3)28-25(6-2)30-16-13-26(4,14-17-30)12-9-15-29(20-32)18-22-19-31(33-27)24-11-8-7-10-23(22)24/h6-8,10-11,19-20H,5,9,12-18H2,1-4H3/b25-6+,28-21-. The van der Waals surface area contributed by atoms with Gasteiger partial charge in [0.2, 0.25) is 6.41 Å². The van der Waals surface area contributed by atoms with E-state index < -0.39 is 0 Å². The Labute approximate surface area is 215 Å². The van der Waals surface area contributed by atoms with E-state index in [0.29, 0.717) is 12.0 Å². The molecular formula is C26H37IN4OS. The third-order valence-electron chi connectivity index (χ3n) is 6.95. The normalized spacial score (nSPS) is 16.9. The molecule has 0 radical (unpaired) electrons. The van der Waals surface area contributed by atoms with Crippen molar-refractivity contribution in [3.05, 3.63) is 47.9 Å². The van der Waals surface area contributed by atoms with Crippen molar-refractivity contribution < 1.29 is 4.79 Å². The molecule has 3 rings (SSSR count). The highest BCUT2D eigenvalue weighted by Crippen LogP contribution is 2.37. The molecule has 0 unspecified atom stereocenters. The van der Waals surface area contributed by atoms with Gasteiger partial charge in [0.05, 0.1) is 5.52 Å². The molecule has 1 fully saturated rings. The molecule has 5 nitrogen and oxygen atoms in total. The van der Waals surface area contributed by atoms with Crippen molar-refractivity contribution in [2.45, 2.75) is 66.3 Å². The monoisotopic (exact) mass is 580 g/mol. The van der Waals surface area contributed by atoms with E-state index in [2.05, 4.69) is 94.3 Å². The number of hydrogen-bond donors (Lipinski definition) is 0. The Hall–Kier alpha value is -1.48. The molecule has 7 heteroatoms. The summed E-state index contributed by atoms with van der Waals surface area (Å²) in [5, 5.41) is 1.23. The van der Waals surface area contributed by atoms with Gasteiger partial charge >= 0.3 is 0 Å². The number of likely N-dealkylation sites (tertiary alicyclic amines) is 1. The number of aliphatic imine (C=N–C) groups is 1. The third kappa shape index (κ3) is 6.78. The Morgan fingerprint density at radius 3 is 2.67 bits per heavy atom. The molecule has 0 spiro atoms. The molecular weight excluding hydrogens is 543 g/mol. The lowest BCUT2D eigenvalue weighted by molar-refractivity contribution is -0.118. The Morgan fingerprint density at radius 1 is 1.30 bits per heavy atom. The second kappa shape index (κ2) is 12.3. The predicted octanol–water partition coefficient (Wildman–Crippen LogP) is 7.06. The van der Waals surface area contributed by atoms with Gasteiger partial charge in [0.15, 0.2) is 0 Å². The summed E-state index contributed by atoms with van der Waals surface area (Å²) >= 11 is 2.30. The Balaban J connectivity index is 1.53. The zero-order valence-corrected chi connectivity index (χ0v) is 23.4. The van der Waals surface area contributed by atoms with Crippen molar-refractivity contribution in [2.75, 3.05) is 19.6 Å². The molecule has 33 heavy (non-hydrogen) atoms. The number of para-hydroxylation sites is 1. The minimum absolute atomic E-state index is 0.335. The van der Waals surface area contributed by atoms with E-state index in [1.807, 2.05) is 4.90 Å². The van der Waals surface area contributed by atoms with E-state index in [9.17, 15) is 4.79 Å². The van der Waals surface area contributed by atoms with Crippen molar-refractivity contribution in [3.8, 4) is 0 Å². The van der Waals surface area contributed by atoms with Crippen molar-refractivity contribution in [2.24, 2.45) is 10.4 Å². The van der Waals surface area contributed by atoms with Gasteiger partial charge in [-0.3, -0.25) is 8.77 Å². The van der Waals surface area contributed by atoms with Crippen LogP contribution in [0.15, 0.2) is 47.4 Å². The molecule has 1 aliphatic rings. The maximum atomic E-state index is 11.8. The van der Waals surface area contributed by atoms with Crippen LogP contribution in [0.1, 0.15) is 65.4 Å². The van der Waals surface area contributed by atoms with Gasteiger partial charge in [-0.2, -0.15) is 0 Å². The summed E-state index contributed by atoms with van der Waals surface area (Å²) in [6.07, 6.45) is 10.8. The number of carbonyl (C=O) groups excluding carboxylic acids is 1. The lowest BCUT2D eigenvalue weighted by Gasteiger charge is -2.41. The predicted molar refractivity (Wildman–Crippen MR) is 151 cm³/mol. The first-order valence-corrected chi connectivity index (χ1v) is 15.3. The molecule has 0 saturated carbocycles. The van der Waals surface area contributed by atoms with Gasteiger partial charge < -0.3 is 9.80 Å².